The summed E-state index contributed by atoms with van der Waals surface area (Å²) in [4.78, 5) is 12.3. The van der Waals surface area contributed by atoms with Gasteiger partial charge in [0.25, 0.3) is 6.43 Å². The molecule has 0 atom stereocenters. The van der Waals surface area contributed by atoms with Crippen LogP contribution in [0.1, 0.15) is 35.9 Å². The fourth-order valence-corrected chi connectivity index (χ4v) is 3.17. The first-order chi connectivity index (χ1) is 14.3. The van der Waals surface area contributed by atoms with Crippen LogP contribution in [-0.2, 0) is 11.4 Å². The van der Waals surface area contributed by atoms with E-state index < -0.39 is 12.3 Å². The van der Waals surface area contributed by atoms with Gasteiger partial charge in [0.15, 0.2) is 0 Å². The Morgan fingerprint density at radius 2 is 2.03 bits per heavy atom. The van der Waals surface area contributed by atoms with Crippen LogP contribution in [0.4, 0.5) is 14.5 Å². The number of nitrogens with zero attached hydrogens (tertiary/aromatic N) is 2. The van der Waals surface area contributed by atoms with Crippen LogP contribution < -0.4 is 5.32 Å². The van der Waals surface area contributed by atoms with Gasteiger partial charge in [0, 0.05) is 22.9 Å². The van der Waals surface area contributed by atoms with Crippen molar-refractivity contribution < 1.29 is 23.1 Å². The van der Waals surface area contributed by atoms with E-state index in [1.807, 2.05) is 19.1 Å². The highest BCUT2D eigenvalue weighted by atomic mass is 35.5. The van der Waals surface area contributed by atoms with Crippen LogP contribution in [-0.4, -0.2) is 21.2 Å². The van der Waals surface area contributed by atoms with Crippen LogP contribution in [0.15, 0.2) is 46.9 Å². The quantitative estimate of drug-likeness (QED) is 0.523. The molecule has 0 spiro atoms. The lowest BCUT2D eigenvalue weighted by Crippen LogP contribution is -2.09. The summed E-state index contributed by atoms with van der Waals surface area (Å²) in [6.45, 7) is 3.32. The Morgan fingerprint density at radius 3 is 2.63 bits per heavy atom. The summed E-state index contributed by atoms with van der Waals surface area (Å²) in [6, 6.07) is 9.27. The van der Waals surface area contributed by atoms with E-state index in [-0.39, 0.29) is 29.0 Å². The topological polar surface area (TPSA) is 88.2 Å². The number of anilines is 1. The first-order valence-corrected chi connectivity index (χ1v) is 9.27. The monoisotopic (exact) mass is 433 g/mol. The number of carbonyl (C=O) groups excluding carboxylic acids is 1. The van der Waals surface area contributed by atoms with E-state index in [0.717, 1.165) is 11.1 Å². The van der Waals surface area contributed by atoms with Crippen LogP contribution in [0.2, 0.25) is 5.02 Å². The number of carbonyl (C=O) groups is 1. The number of alkyl halides is 2. The number of hydrogen-bond donors (Lipinski definition) is 2. The van der Waals surface area contributed by atoms with Gasteiger partial charge >= 0.3 is 0 Å². The molecule has 9 heteroatoms. The molecular weight excluding hydrogens is 416 g/mol. The second kappa shape index (κ2) is 9.15. The third kappa shape index (κ3) is 4.90. The van der Waals surface area contributed by atoms with Crippen molar-refractivity contribution in [2.24, 2.45) is 0 Å². The van der Waals surface area contributed by atoms with Crippen LogP contribution in [0.3, 0.4) is 0 Å². The zero-order valence-electron chi connectivity index (χ0n) is 16.1. The number of benzene rings is 2. The molecule has 1 heterocycles. The molecule has 0 aliphatic rings. The van der Waals surface area contributed by atoms with Crippen LogP contribution in [0.25, 0.3) is 17.0 Å². The zero-order chi connectivity index (χ0) is 21.8. The zero-order valence-corrected chi connectivity index (χ0v) is 16.9. The van der Waals surface area contributed by atoms with Crippen molar-refractivity contribution in [2.45, 2.75) is 26.9 Å². The lowest BCUT2D eigenvalue weighted by atomic mass is 9.99. The molecule has 6 nitrogen and oxygen atoms in total. The summed E-state index contributed by atoms with van der Waals surface area (Å²) in [5.41, 5.74) is 3.14. The minimum Gasteiger partial charge on any atom is -0.418 e. The molecule has 0 aliphatic heterocycles. The standard InChI is InChI=1S/C21H18ClF2N3O3/c1-11-7-13(21-27-26-19(10-28)30-21)3-5-15(11)12(2)8-18(29)25-14-4-6-16(20(23)24)17(22)9-14/h3-9,20,28H,10H2,1-2H3,(H,25,29)/b12-8+. The van der Waals surface area contributed by atoms with Gasteiger partial charge < -0.3 is 14.8 Å². The lowest BCUT2D eigenvalue weighted by molar-refractivity contribution is -0.111. The fraction of sp³-hybridized carbons (Fsp3) is 0.190. The largest absolute Gasteiger partial charge is 0.418 e. The third-order valence-corrected chi connectivity index (χ3v) is 4.68. The number of amides is 1. The van der Waals surface area contributed by atoms with Gasteiger partial charge in [-0.2, -0.15) is 0 Å². The average molecular weight is 434 g/mol. The molecular formula is C21H18ClF2N3O3. The normalized spacial score (nSPS) is 11.8. The van der Waals surface area contributed by atoms with E-state index in [2.05, 4.69) is 15.5 Å². The molecule has 3 aromatic rings. The first-order valence-electron chi connectivity index (χ1n) is 8.90. The number of hydrogen-bond acceptors (Lipinski definition) is 5. The van der Waals surface area contributed by atoms with Gasteiger partial charge in [-0.05, 0) is 60.9 Å². The number of nitrogens with one attached hydrogen (secondary N) is 1. The van der Waals surface area contributed by atoms with Gasteiger partial charge in [0.2, 0.25) is 17.7 Å². The molecule has 0 saturated carbocycles. The Bertz CT molecular complexity index is 1110. The second-order valence-electron chi connectivity index (χ2n) is 6.54. The summed E-state index contributed by atoms with van der Waals surface area (Å²) >= 11 is 5.83. The number of rotatable bonds is 6. The van der Waals surface area contributed by atoms with Crippen molar-refractivity contribution in [3.05, 3.63) is 70.1 Å². The number of halogens is 3. The van der Waals surface area contributed by atoms with Crippen molar-refractivity contribution in [1.29, 1.82) is 0 Å². The summed E-state index contributed by atoms with van der Waals surface area (Å²) in [5.74, 6) is -0.000286. The number of aromatic nitrogens is 2. The van der Waals surface area contributed by atoms with E-state index in [4.69, 9.17) is 21.1 Å². The first kappa shape index (κ1) is 21.6. The van der Waals surface area contributed by atoms with Gasteiger partial charge in [0.1, 0.15) is 6.61 Å². The fourth-order valence-electron chi connectivity index (χ4n) is 2.91. The van der Waals surface area contributed by atoms with Crippen molar-refractivity contribution in [3.8, 4) is 11.5 Å². The number of aliphatic hydroxyl groups excluding tert-OH is 1. The molecule has 30 heavy (non-hydrogen) atoms. The SMILES string of the molecule is C/C(=C\C(=O)Nc1ccc(C(F)F)c(Cl)c1)c1ccc(-c2nnc(CO)o2)cc1C. The molecule has 1 amide bonds. The van der Waals surface area contributed by atoms with E-state index in [0.29, 0.717) is 16.8 Å². The van der Waals surface area contributed by atoms with Gasteiger partial charge in [-0.25, -0.2) is 8.78 Å². The second-order valence-corrected chi connectivity index (χ2v) is 6.95. The molecule has 0 bridgehead atoms. The molecule has 0 unspecified atom stereocenters. The van der Waals surface area contributed by atoms with Crippen LogP contribution in [0.5, 0.6) is 0 Å². The van der Waals surface area contributed by atoms with Crippen molar-refractivity contribution in [1.82, 2.24) is 10.2 Å². The van der Waals surface area contributed by atoms with Crippen LogP contribution in [0, 0.1) is 6.92 Å². The Labute approximate surface area is 176 Å². The molecule has 2 N–H and O–H groups in total. The number of allylic oxidation sites excluding steroid dienone is 1. The molecule has 0 saturated heterocycles. The van der Waals surface area contributed by atoms with E-state index in [9.17, 15) is 13.6 Å². The van der Waals surface area contributed by atoms with Gasteiger partial charge in [-0.1, -0.05) is 17.7 Å². The molecule has 3 rings (SSSR count). The molecule has 0 aliphatic carbocycles. The predicted molar refractivity (Wildman–Crippen MR) is 109 cm³/mol. The predicted octanol–water partition coefficient (Wildman–Crippen LogP) is 5.17. The average Bonchev–Trinajstić information content (AvgIpc) is 3.16. The molecule has 156 valence electrons. The third-order valence-electron chi connectivity index (χ3n) is 4.35. The maximum atomic E-state index is 12.8. The molecule has 2 aromatic carbocycles. The highest BCUT2D eigenvalue weighted by molar-refractivity contribution is 6.31. The van der Waals surface area contributed by atoms with Crippen LogP contribution >= 0.6 is 11.6 Å². The summed E-state index contributed by atoms with van der Waals surface area (Å²) < 4.78 is 30.9. The highest BCUT2D eigenvalue weighted by Gasteiger charge is 2.13. The highest BCUT2D eigenvalue weighted by Crippen LogP contribution is 2.29. The summed E-state index contributed by atoms with van der Waals surface area (Å²) in [6.07, 6.45) is -1.27. The Hall–Kier alpha value is -3.10. The van der Waals surface area contributed by atoms with Crippen molar-refractivity contribution in [2.75, 3.05) is 5.32 Å². The maximum absolute atomic E-state index is 12.8. The van der Waals surface area contributed by atoms with E-state index in [1.165, 1.54) is 24.3 Å². The minimum atomic E-state index is -2.68. The number of aryl methyl sites for hydroxylation is 1. The Balaban J connectivity index is 1.76. The molecule has 1 aromatic heterocycles. The van der Waals surface area contributed by atoms with Gasteiger partial charge in [0.05, 0.1) is 5.02 Å². The summed E-state index contributed by atoms with van der Waals surface area (Å²) in [7, 11) is 0. The minimum absolute atomic E-state index is 0.111. The molecule has 0 fully saturated rings. The number of aliphatic hydroxyl groups is 1. The van der Waals surface area contributed by atoms with Crippen molar-refractivity contribution in [3.63, 3.8) is 0 Å². The van der Waals surface area contributed by atoms with Crippen molar-refractivity contribution >= 4 is 28.8 Å². The maximum Gasteiger partial charge on any atom is 0.265 e. The Kier molecular flexibility index (Phi) is 6.59. The summed E-state index contributed by atoms with van der Waals surface area (Å²) in [5, 5.41) is 19.1. The lowest BCUT2D eigenvalue weighted by Gasteiger charge is -2.09. The van der Waals surface area contributed by atoms with E-state index in [1.54, 1.807) is 13.0 Å². The Morgan fingerprint density at radius 1 is 1.27 bits per heavy atom. The van der Waals surface area contributed by atoms with Gasteiger partial charge in [-0.15, -0.1) is 10.2 Å². The smallest absolute Gasteiger partial charge is 0.265 e. The molecule has 0 radical (unpaired) electrons. The van der Waals surface area contributed by atoms with Gasteiger partial charge in [-0.3, -0.25) is 4.79 Å². The van der Waals surface area contributed by atoms with E-state index >= 15 is 0 Å².